The SMILES string of the molecule is CC[C@@H](Oc1cc(C)ccc1C)C(=O)NC. The predicted octanol–water partition coefficient (Wildman–Crippen LogP) is 2.21. The average Bonchev–Trinajstić information content (AvgIpc) is 2.29. The number of aryl methyl sites for hydroxylation is 2. The molecular formula is C13H19NO2. The minimum absolute atomic E-state index is 0.0802. The molecule has 0 bridgehead atoms. The molecule has 1 aromatic rings. The number of hydrogen-bond acceptors (Lipinski definition) is 2. The Hall–Kier alpha value is -1.51. The third-order valence-corrected chi connectivity index (χ3v) is 2.52. The quantitative estimate of drug-likeness (QED) is 0.846. The molecule has 88 valence electrons. The van der Waals surface area contributed by atoms with Crippen molar-refractivity contribution < 1.29 is 9.53 Å². The molecule has 0 saturated heterocycles. The van der Waals surface area contributed by atoms with Crippen molar-refractivity contribution in [2.75, 3.05) is 7.05 Å². The maximum atomic E-state index is 11.5. The van der Waals surface area contributed by atoms with Crippen LogP contribution in [0.1, 0.15) is 24.5 Å². The average molecular weight is 221 g/mol. The van der Waals surface area contributed by atoms with Crippen LogP contribution in [0, 0.1) is 13.8 Å². The fourth-order valence-corrected chi connectivity index (χ4v) is 1.47. The van der Waals surface area contributed by atoms with E-state index < -0.39 is 6.10 Å². The molecule has 0 aliphatic rings. The van der Waals surface area contributed by atoms with Gasteiger partial charge in [0.1, 0.15) is 5.75 Å². The molecule has 1 amide bonds. The molecule has 1 rings (SSSR count). The number of carbonyl (C=O) groups is 1. The topological polar surface area (TPSA) is 38.3 Å². The summed E-state index contributed by atoms with van der Waals surface area (Å²) >= 11 is 0. The van der Waals surface area contributed by atoms with Gasteiger partial charge in [-0.05, 0) is 37.5 Å². The van der Waals surface area contributed by atoms with E-state index in [0.717, 1.165) is 16.9 Å². The first kappa shape index (κ1) is 12.6. The molecule has 0 aliphatic heterocycles. The third-order valence-electron chi connectivity index (χ3n) is 2.52. The summed E-state index contributed by atoms with van der Waals surface area (Å²) in [5.41, 5.74) is 2.18. The lowest BCUT2D eigenvalue weighted by Gasteiger charge is -2.17. The molecule has 0 unspecified atom stereocenters. The Morgan fingerprint density at radius 2 is 2.12 bits per heavy atom. The highest BCUT2D eigenvalue weighted by molar-refractivity contribution is 5.80. The Bertz CT molecular complexity index is 374. The molecule has 3 heteroatoms. The van der Waals surface area contributed by atoms with Crippen LogP contribution in [0.4, 0.5) is 0 Å². The van der Waals surface area contributed by atoms with E-state index in [0.29, 0.717) is 6.42 Å². The van der Waals surface area contributed by atoms with Gasteiger partial charge in [0.2, 0.25) is 0 Å². The minimum Gasteiger partial charge on any atom is -0.480 e. The molecule has 1 N–H and O–H groups in total. The van der Waals surface area contributed by atoms with Gasteiger partial charge >= 0.3 is 0 Å². The summed E-state index contributed by atoms with van der Waals surface area (Å²) in [6.07, 6.45) is 0.248. The Balaban J connectivity index is 2.85. The summed E-state index contributed by atoms with van der Waals surface area (Å²) in [6, 6.07) is 5.99. The molecule has 3 nitrogen and oxygen atoms in total. The zero-order valence-electron chi connectivity index (χ0n) is 10.3. The van der Waals surface area contributed by atoms with Crippen molar-refractivity contribution >= 4 is 5.91 Å². The number of benzene rings is 1. The van der Waals surface area contributed by atoms with Gasteiger partial charge in [0.15, 0.2) is 6.10 Å². The Labute approximate surface area is 96.8 Å². The van der Waals surface area contributed by atoms with Crippen LogP contribution < -0.4 is 10.1 Å². The van der Waals surface area contributed by atoms with Gasteiger partial charge in [-0.15, -0.1) is 0 Å². The van der Waals surface area contributed by atoms with Gasteiger partial charge in [0.05, 0.1) is 0 Å². The molecule has 0 aliphatic carbocycles. The first-order chi connectivity index (χ1) is 7.58. The van der Waals surface area contributed by atoms with Gasteiger partial charge in [-0.25, -0.2) is 0 Å². The van der Waals surface area contributed by atoms with E-state index in [1.807, 2.05) is 39.0 Å². The smallest absolute Gasteiger partial charge is 0.260 e. The highest BCUT2D eigenvalue weighted by Gasteiger charge is 2.17. The summed E-state index contributed by atoms with van der Waals surface area (Å²) in [5.74, 6) is 0.707. The number of ether oxygens (including phenoxy) is 1. The highest BCUT2D eigenvalue weighted by atomic mass is 16.5. The number of nitrogens with one attached hydrogen (secondary N) is 1. The lowest BCUT2D eigenvalue weighted by atomic mass is 10.1. The fourth-order valence-electron chi connectivity index (χ4n) is 1.47. The fraction of sp³-hybridized carbons (Fsp3) is 0.462. The summed E-state index contributed by atoms with van der Waals surface area (Å²) in [6.45, 7) is 5.92. The van der Waals surface area contributed by atoms with Crippen LogP contribution in [-0.4, -0.2) is 19.1 Å². The summed E-state index contributed by atoms with van der Waals surface area (Å²) in [4.78, 5) is 11.5. The van der Waals surface area contributed by atoms with Crippen LogP contribution in [0.2, 0.25) is 0 Å². The normalized spacial score (nSPS) is 12.0. The molecule has 0 saturated carbocycles. The number of hydrogen-bond donors (Lipinski definition) is 1. The molecule has 16 heavy (non-hydrogen) atoms. The number of carbonyl (C=O) groups excluding carboxylic acids is 1. The summed E-state index contributed by atoms with van der Waals surface area (Å²) in [7, 11) is 1.62. The monoisotopic (exact) mass is 221 g/mol. The maximum absolute atomic E-state index is 11.5. The van der Waals surface area contributed by atoms with Crippen molar-refractivity contribution in [1.29, 1.82) is 0 Å². The van der Waals surface area contributed by atoms with E-state index in [1.54, 1.807) is 7.05 Å². The van der Waals surface area contributed by atoms with E-state index in [1.165, 1.54) is 0 Å². The van der Waals surface area contributed by atoms with Crippen molar-refractivity contribution in [1.82, 2.24) is 5.32 Å². The maximum Gasteiger partial charge on any atom is 0.260 e. The second-order valence-corrected chi connectivity index (χ2v) is 3.90. The Morgan fingerprint density at radius 3 is 2.69 bits per heavy atom. The van der Waals surface area contributed by atoms with E-state index in [2.05, 4.69) is 5.32 Å². The van der Waals surface area contributed by atoms with Gasteiger partial charge in [0.25, 0.3) is 5.91 Å². The molecule has 1 aromatic carbocycles. The number of amides is 1. The van der Waals surface area contributed by atoms with Crippen LogP contribution in [0.15, 0.2) is 18.2 Å². The number of likely N-dealkylation sites (N-methyl/N-ethyl adjacent to an activating group) is 1. The van der Waals surface area contributed by atoms with Gasteiger partial charge < -0.3 is 10.1 Å². The van der Waals surface area contributed by atoms with Crippen LogP contribution >= 0.6 is 0 Å². The van der Waals surface area contributed by atoms with Crippen LogP contribution in [0.5, 0.6) is 5.75 Å². The predicted molar refractivity (Wildman–Crippen MR) is 64.7 cm³/mol. The van der Waals surface area contributed by atoms with Crippen molar-refractivity contribution in [3.05, 3.63) is 29.3 Å². The lowest BCUT2D eigenvalue weighted by Crippen LogP contribution is -2.35. The summed E-state index contributed by atoms with van der Waals surface area (Å²) < 4.78 is 5.72. The van der Waals surface area contributed by atoms with Crippen molar-refractivity contribution in [2.45, 2.75) is 33.3 Å². The molecule has 0 spiro atoms. The van der Waals surface area contributed by atoms with Crippen molar-refractivity contribution in [3.8, 4) is 5.75 Å². The lowest BCUT2D eigenvalue weighted by molar-refractivity contribution is -0.127. The number of rotatable bonds is 4. The Morgan fingerprint density at radius 1 is 1.44 bits per heavy atom. The molecule has 0 heterocycles. The van der Waals surface area contributed by atoms with E-state index in [4.69, 9.17) is 4.74 Å². The standard InChI is InChI=1S/C13H19NO2/c1-5-11(13(15)14-4)16-12-8-9(2)6-7-10(12)3/h6-8,11H,5H2,1-4H3,(H,14,15)/t11-/m1/s1. The van der Waals surface area contributed by atoms with Crippen LogP contribution in [0.25, 0.3) is 0 Å². The largest absolute Gasteiger partial charge is 0.480 e. The van der Waals surface area contributed by atoms with Crippen LogP contribution in [-0.2, 0) is 4.79 Å². The van der Waals surface area contributed by atoms with E-state index in [-0.39, 0.29) is 5.91 Å². The molecular weight excluding hydrogens is 202 g/mol. The Kier molecular flexibility index (Phi) is 4.35. The van der Waals surface area contributed by atoms with Crippen molar-refractivity contribution in [3.63, 3.8) is 0 Å². The zero-order chi connectivity index (χ0) is 12.1. The van der Waals surface area contributed by atoms with Gasteiger partial charge in [-0.1, -0.05) is 19.1 Å². The summed E-state index contributed by atoms with van der Waals surface area (Å²) in [5, 5.41) is 2.61. The second kappa shape index (κ2) is 5.54. The zero-order valence-corrected chi connectivity index (χ0v) is 10.3. The first-order valence-corrected chi connectivity index (χ1v) is 5.54. The molecule has 0 radical (unpaired) electrons. The molecule has 1 atom stereocenters. The van der Waals surface area contributed by atoms with Crippen LogP contribution in [0.3, 0.4) is 0 Å². The second-order valence-electron chi connectivity index (χ2n) is 3.90. The van der Waals surface area contributed by atoms with Gasteiger partial charge in [0, 0.05) is 7.05 Å². The highest BCUT2D eigenvalue weighted by Crippen LogP contribution is 2.21. The van der Waals surface area contributed by atoms with Gasteiger partial charge in [-0.3, -0.25) is 4.79 Å². The molecule has 0 aromatic heterocycles. The first-order valence-electron chi connectivity index (χ1n) is 5.54. The molecule has 0 fully saturated rings. The van der Waals surface area contributed by atoms with E-state index >= 15 is 0 Å². The van der Waals surface area contributed by atoms with Crippen molar-refractivity contribution in [2.24, 2.45) is 0 Å². The van der Waals surface area contributed by atoms with Gasteiger partial charge in [-0.2, -0.15) is 0 Å². The minimum atomic E-state index is -0.412. The van der Waals surface area contributed by atoms with E-state index in [9.17, 15) is 4.79 Å². The third kappa shape index (κ3) is 2.99.